The molecule has 0 radical (unpaired) electrons. The third kappa shape index (κ3) is 4.84. The Hall–Kier alpha value is -4.46. The number of ether oxygens (including phenoxy) is 3. The largest absolute Gasteiger partial charge is 0.507 e. The minimum absolute atomic E-state index is 0.0301. The predicted octanol–water partition coefficient (Wildman–Crippen LogP) is 4.87. The van der Waals surface area contributed by atoms with Crippen LogP contribution in [0, 0.1) is 0 Å². The molecule has 0 aliphatic carbocycles. The van der Waals surface area contributed by atoms with Crippen LogP contribution in [-0.4, -0.2) is 42.0 Å². The first-order valence-electron chi connectivity index (χ1n) is 11.4. The molecule has 1 aliphatic rings. The van der Waals surface area contributed by atoms with Gasteiger partial charge in [0.15, 0.2) is 11.5 Å². The number of hydrogen-bond acceptors (Lipinski definition) is 7. The Bertz CT molecular complexity index is 1280. The molecule has 1 atom stereocenters. The number of amides is 1. The monoisotopic (exact) mass is 489 g/mol. The summed E-state index contributed by atoms with van der Waals surface area (Å²) < 4.78 is 22.0. The van der Waals surface area contributed by atoms with E-state index in [1.165, 1.54) is 18.3 Å². The van der Waals surface area contributed by atoms with Gasteiger partial charge in [0.25, 0.3) is 11.7 Å². The lowest BCUT2D eigenvalue weighted by molar-refractivity contribution is -0.140. The lowest BCUT2D eigenvalue weighted by Gasteiger charge is -2.25. The fourth-order valence-electron chi connectivity index (χ4n) is 4.11. The van der Waals surface area contributed by atoms with Gasteiger partial charge in [-0.3, -0.25) is 9.59 Å². The fourth-order valence-corrected chi connectivity index (χ4v) is 4.11. The van der Waals surface area contributed by atoms with Crippen LogP contribution in [0.3, 0.4) is 0 Å². The van der Waals surface area contributed by atoms with Crippen molar-refractivity contribution in [3.05, 3.63) is 96.0 Å². The fraction of sp³-hybridized carbons (Fsp3) is 0.214. The molecule has 1 aliphatic heterocycles. The number of hydrogen-bond donors (Lipinski definition) is 1. The van der Waals surface area contributed by atoms with Gasteiger partial charge in [-0.1, -0.05) is 18.7 Å². The molecule has 0 bridgehead atoms. The first kappa shape index (κ1) is 24.7. The third-order valence-corrected chi connectivity index (χ3v) is 5.75. The van der Waals surface area contributed by atoms with Crippen LogP contribution in [0.2, 0.25) is 0 Å². The molecule has 36 heavy (non-hydrogen) atoms. The van der Waals surface area contributed by atoms with Crippen molar-refractivity contribution in [3.63, 3.8) is 0 Å². The molecule has 3 aromatic rings. The van der Waals surface area contributed by atoms with Gasteiger partial charge in [-0.2, -0.15) is 0 Å². The molecular weight excluding hydrogens is 462 g/mol. The van der Waals surface area contributed by atoms with Crippen molar-refractivity contribution in [1.29, 1.82) is 0 Å². The summed E-state index contributed by atoms with van der Waals surface area (Å²) in [6.45, 7) is 6.30. The van der Waals surface area contributed by atoms with Crippen LogP contribution in [0.15, 0.2) is 83.5 Å². The maximum absolute atomic E-state index is 13.2. The second-order valence-electron chi connectivity index (χ2n) is 7.97. The summed E-state index contributed by atoms with van der Waals surface area (Å²) in [5, 5.41) is 11.3. The number of carbonyl (C=O) groups is 2. The zero-order valence-electron chi connectivity index (χ0n) is 20.1. The molecule has 4 rings (SSSR count). The average molecular weight is 490 g/mol. The summed E-state index contributed by atoms with van der Waals surface area (Å²) in [6, 6.07) is 14.3. The Labute approximate surface area is 209 Å². The number of carbonyl (C=O) groups excluding carboxylic acids is 2. The Morgan fingerprint density at radius 1 is 1.11 bits per heavy atom. The van der Waals surface area contributed by atoms with Crippen molar-refractivity contribution in [3.8, 4) is 17.2 Å². The number of aliphatic hydroxyl groups is 1. The first-order chi connectivity index (χ1) is 17.5. The molecule has 8 heteroatoms. The molecule has 2 heterocycles. The van der Waals surface area contributed by atoms with Crippen molar-refractivity contribution >= 4 is 17.4 Å². The number of likely N-dealkylation sites (tertiary alicyclic amines) is 1. The Balaban J connectivity index is 1.82. The quantitative estimate of drug-likeness (QED) is 0.188. The molecule has 1 unspecified atom stereocenters. The van der Waals surface area contributed by atoms with E-state index in [-0.39, 0.29) is 17.9 Å². The number of ketones is 1. The highest BCUT2D eigenvalue weighted by Gasteiger charge is 2.46. The molecule has 1 N–H and O–H groups in total. The Morgan fingerprint density at radius 3 is 2.53 bits per heavy atom. The summed E-state index contributed by atoms with van der Waals surface area (Å²) in [4.78, 5) is 27.8. The number of nitrogens with zero attached hydrogens (tertiary/aromatic N) is 1. The molecule has 8 nitrogen and oxygen atoms in total. The van der Waals surface area contributed by atoms with Gasteiger partial charge in [0.05, 0.1) is 38.1 Å². The molecule has 1 saturated heterocycles. The summed E-state index contributed by atoms with van der Waals surface area (Å²) in [5.74, 6) is 0.244. The molecular formula is C28H27NO7. The summed E-state index contributed by atoms with van der Waals surface area (Å²) in [7, 11) is 1.51. The van der Waals surface area contributed by atoms with Crippen molar-refractivity contribution < 1.29 is 33.3 Å². The molecule has 1 fully saturated rings. The van der Waals surface area contributed by atoms with Gasteiger partial charge in [-0.05, 0) is 61.0 Å². The molecule has 0 spiro atoms. The predicted molar refractivity (Wildman–Crippen MR) is 133 cm³/mol. The van der Waals surface area contributed by atoms with Crippen molar-refractivity contribution in [2.24, 2.45) is 0 Å². The van der Waals surface area contributed by atoms with Crippen LogP contribution in [0.25, 0.3) is 5.76 Å². The summed E-state index contributed by atoms with van der Waals surface area (Å²) in [6.07, 6.45) is 3.12. The summed E-state index contributed by atoms with van der Waals surface area (Å²) >= 11 is 0. The van der Waals surface area contributed by atoms with Gasteiger partial charge in [-0.15, -0.1) is 0 Å². The number of Topliss-reactive ketones (excluding diaryl/α,β-unsaturated/α-hetero) is 1. The zero-order valence-corrected chi connectivity index (χ0v) is 20.1. The minimum atomic E-state index is -0.878. The van der Waals surface area contributed by atoms with Crippen LogP contribution in [-0.2, 0) is 16.1 Å². The van der Waals surface area contributed by atoms with Gasteiger partial charge < -0.3 is 28.6 Å². The van der Waals surface area contributed by atoms with Crippen LogP contribution < -0.4 is 14.2 Å². The van der Waals surface area contributed by atoms with E-state index in [0.717, 1.165) is 0 Å². The first-order valence-corrected chi connectivity index (χ1v) is 11.4. The van der Waals surface area contributed by atoms with E-state index in [9.17, 15) is 14.7 Å². The van der Waals surface area contributed by atoms with E-state index in [2.05, 4.69) is 6.58 Å². The van der Waals surface area contributed by atoms with E-state index >= 15 is 0 Å². The number of aliphatic hydroxyl groups excluding tert-OH is 1. The lowest BCUT2D eigenvalue weighted by Crippen LogP contribution is -2.29. The maximum Gasteiger partial charge on any atom is 0.296 e. The topological polar surface area (TPSA) is 98.4 Å². The molecule has 1 amide bonds. The van der Waals surface area contributed by atoms with Gasteiger partial charge in [0.2, 0.25) is 0 Å². The number of rotatable bonds is 10. The van der Waals surface area contributed by atoms with Crippen LogP contribution >= 0.6 is 0 Å². The van der Waals surface area contributed by atoms with Crippen molar-refractivity contribution in [2.75, 3.05) is 20.3 Å². The van der Waals surface area contributed by atoms with Crippen LogP contribution in [0.1, 0.15) is 29.9 Å². The van der Waals surface area contributed by atoms with Gasteiger partial charge in [0, 0.05) is 5.56 Å². The van der Waals surface area contributed by atoms with Crippen LogP contribution in [0.5, 0.6) is 17.2 Å². The van der Waals surface area contributed by atoms with E-state index in [4.69, 9.17) is 18.6 Å². The second kappa shape index (κ2) is 10.9. The SMILES string of the molecule is C=CCOc1ccc(/C(O)=C2/C(=O)C(=O)N(Cc3ccco3)C2c2ccc(OCC)c(OC)c2)cc1. The summed E-state index contributed by atoms with van der Waals surface area (Å²) in [5.41, 5.74) is 0.922. The van der Waals surface area contributed by atoms with Crippen molar-refractivity contribution in [2.45, 2.75) is 19.5 Å². The van der Waals surface area contributed by atoms with Gasteiger partial charge in [-0.25, -0.2) is 0 Å². The van der Waals surface area contributed by atoms with E-state index < -0.39 is 17.7 Å². The standard InChI is InChI=1S/C28H27NO7/c1-4-14-35-20-11-8-18(9-12-20)26(30)24-25(19-10-13-22(34-5-2)23(16-19)33-3)29(28(32)27(24)31)17-21-7-6-15-36-21/h4,6-13,15-16,25,30H,1,5,14,17H2,2-3H3/b26-24-. The van der Waals surface area contributed by atoms with Gasteiger partial charge in [0.1, 0.15) is 23.9 Å². The second-order valence-corrected chi connectivity index (χ2v) is 7.97. The number of furan rings is 1. The number of methoxy groups -OCH3 is 1. The zero-order chi connectivity index (χ0) is 25.7. The third-order valence-electron chi connectivity index (χ3n) is 5.75. The Kier molecular flexibility index (Phi) is 7.44. The highest BCUT2D eigenvalue weighted by Crippen LogP contribution is 2.42. The molecule has 186 valence electrons. The van der Waals surface area contributed by atoms with E-state index in [1.54, 1.807) is 60.7 Å². The smallest absolute Gasteiger partial charge is 0.296 e. The Morgan fingerprint density at radius 2 is 1.89 bits per heavy atom. The highest BCUT2D eigenvalue weighted by molar-refractivity contribution is 6.46. The maximum atomic E-state index is 13.2. The molecule has 2 aromatic carbocycles. The van der Waals surface area contributed by atoms with Gasteiger partial charge >= 0.3 is 0 Å². The van der Waals surface area contributed by atoms with E-state index in [0.29, 0.717) is 47.3 Å². The van der Waals surface area contributed by atoms with Crippen molar-refractivity contribution in [1.82, 2.24) is 4.90 Å². The highest BCUT2D eigenvalue weighted by atomic mass is 16.5. The van der Waals surface area contributed by atoms with Crippen LogP contribution in [0.4, 0.5) is 0 Å². The van der Waals surface area contributed by atoms with E-state index in [1.807, 2.05) is 6.92 Å². The lowest BCUT2D eigenvalue weighted by atomic mass is 9.95. The number of benzene rings is 2. The normalized spacial score (nSPS) is 16.7. The molecule has 1 aromatic heterocycles. The minimum Gasteiger partial charge on any atom is -0.507 e. The average Bonchev–Trinajstić information content (AvgIpc) is 3.50. The molecule has 0 saturated carbocycles.